The van der Waals surface area contributed by atoms with Crippen molar-refractivity contribution in [1.29, 1.82) is 0 Å². The molecule has 1 aliphatic carbocycles. The molecule has 2 saturated heterocycles. The van der Waals surface area contributed by atoms with Gasteiger partial charge in [-0.2, -0.15) is 0 Å². The first-order valence-corrected chi connectivity index (χ1v) is 9.93. The molecule has 4 rings (SSSR count). The number of benzene rings is 1. The van der Waals surface area contributed by atoms with E-state index in [2.05, 4.69) is 29.2 Å². The van der Waals surface area contributed by atoms with Crippen LogP contribution in [-0.2, 0) is 9.59 Å². The number of rotatable bonds is 4. The molecule has 4 nitrogen and oxygen atoms in total. The predicted molar refractivity (Wildman–Crippen MR) is 102 cm³/mol. The van der Waals surface area contributed by atoms with E-state index in [1.54, 1.807) is 0 Å². The van der Waals surface area contributed by atoms with Crippen molar-refractivity contribution in [3.63, 3.8) is 0 Å². The summed E-state index contributed by atoms with van der Waals surface area (Å²) in [7, 11) is 0. The Bertz CT molecular complexity index is 685. The minimum atomic E-state index is 0.0913. The Morgan fingerprint density at radius 1 is 1.15 bits per heavy atom. The van der Waals surface area contributed by atoms with E-state index in [1.807, 2.05) is 23.1 Å². The molecule has 3 fully saturated rings. The zero-order chi connectivity index (χ0) is 18.0. The number of likely N-dealkylation sites (tertiary alicyclic amines) is 2. The molecule has 0 radical (unpaired) electrons. The Morgan fingerprint density at radius 2 is 1.88 bits per heavy atom. The van der Waals surface area contributed by atoms with Gasteiger partial charge in [-0.3, -0.25) is 9.59 Å². The van der Waals surface area contributed by atoms with Gasteiger partial charge in [-0.25, -0.2) is 0 Å². The second-order valence-electron chi connectivity index (χ2n) is 8.22. The van der Waals surface area contributed by atoms with Crippen LogP contribution < -0.4 is 0 Å². The molecule has 0 atom stereocenters. The molecule has 1 aromatic carbocycles. The van der Waals surface area contributed by atoms with Crippen molar-refractivity contribution in [3.05, 3.63) is 42.0 Å². The second-order valence-corrected chi connectivity index (χ2v) is 8.22. The molecule has 3 aliphatic rings. The van der Waals surface area contributed by atoms with E-state index in [0.717, 1.165) is 50.9 Å². The molecular formula is C22H28N2O2. The van der Waals surface area contributed by atoms with Crippen molar-refractivity contribution in [2.75, 3.05) is 26.2 Å². The van der Waals surface area contributed by atoms with Crippen LogP contribution >= 0.6 is 0 Å². The Labute approximate surface area is 155 Å². The molecule has 4 heteroatoms. The lowest BCUT2D eigenvalue weighted by atomic mass is 9.76. The van der Waals surface area contributed by atoms with Crippen LogP contribution in [-0.4, -0.2) is 47.8 Å². The number of piperidine rings is 1. The van der Waals surface area contributed by atoms with E-state index in [4.69, 9.17) is 0 Å². The van der Waals surface area contributed by atoms with Gasteiger partial charge in [0.2, 0.25) is 11.8 Å². The summed E-state index contributed by atoms with van der Waals surface area (Å²) in [6.45, 7) is 3.18. The maximum atomic E-state index is 12.5. The standard InChI is InChI=1S/C22H28N2O2/c25-20-16-22(11-14-23(15-12-22)21(26)19-9-4-10-19)17-24(20)13-5-8-18-6-2-1-3-7-18/h1-3,5-8,19H,4,9-17H2. The van der Waals surface area contributed by atoms with Gasteiger partial charge in [-0.05, 0) is 31.2 Å². The minimum absolute atomic E-state index is 0.0913. The topological polar surface area (TPSA) is 40.6 Å². The SMILES string of the molecule is O=C1CC2(CCN(C(=O)C3CCC3)CC2)CN1CC=Cc1ccccc1. The molecule has 1 aromatic rings. The molecule has 2 amide bonds. The van der Waals surface area contributed by atoms with Crippen molar-refractivity contribution < 1.29 is 9.59 Å². The van der Waals surface area contributed by atoms with Crippen molar-refractivity contribution in [2.45, 2.75) is 38.5 Å². The fraction of sp³-hybridized carbons (Fsp3) is 0.545. The summed E-state index contributed by atoms with van der Waals surface area (Å²) in [5.41, 5.74) is 1.25. The van der Waals surface area contributed by atoms with Gasteiger partial charge in [0.15, 0.2) is 0 Å². The summed E-state index contributed by atoms with van der Waals surface area (Å²) in [5.74, 6) is 0.911. The molecule has 0 bridgehead atoms. The third kappa shape index (κ3) is 3.55. The van der Waals surface area contributed by atoms with Gasteiger partial charge in [-0.1, -0.05) is 48.9 Å². The molecular weight excluding hydrogens is 324 g/mol. The maximum Gasteiger partial charge on any atom is 0.225 e. The summed E-state index contributed by atoms with van der Waals surface area (Å²) < 4.78 is 0. The lowest BCUT2D eigenvalue weighted by Gasteiger charge is -2.41. The molecule has 0 unspecified atom stereocenters. The lowest BCUT2D eigenvalue weighted by molar-refractivity contribution is -0.140. The molecule has 0 aromatic heterocycles. The van der Waals surface area contributed by atoms with Gasteiger partial charge in [0.1, 0.15) is 0 Å². The highest BCUT2D eigenvalue weighted by molar-refractivity contribution is 5.81. The zero-order valence-corrected chi connectivity index (χ0v) is 15.4. The normalized spacial score (nSPS) is 23.0. The Kier molecular flexibility index (Phi) is 4.84. The minimum Gasteiger partial charge on any atom is -0.342 e. The predicted octanol–water partition coefficient (Wildman–Crippen LogP) is 3.34. The Morgan fingerprint density at radius 3 is 2.54 bits per heavy atom. The van der Waals surface area contributed by atoms with Crippen LogP contribution in [0.5, 0.6) is 0 Å². The van der Waals surface area contributed by atoms with E-state index in [1.165, 1.54) is 6.42 Å². The highest BCUT2D eigenvalue weighted by Crippen LogP contribution is 2.41. The molecule has 2 heterocycles. The average Bonchev–Trinajstić information content (AvgIpc) is 2.90. The van der Waals surface area contributed by atoms with Crippen LogP contribution in [0.15, 0.2) is 36.4 Å². The Hall–Kier alpha value is -2.10. The van der Waals surface area contributed by atoms with Gasteiger partial charge in [0.25, 0.3) is 0 Å². The maximum absolute atomic E-state index is 12.5. The van der Waals surface area contributed by atoms with Crippen LogP contribution in [0.25, 0.3) is 6.08 Å². The Balaban J connectivity index is 1.30. The summed E-state index contributed by atoms with van der Waals surface area (Å²) in [6, 6.07) is 10.2. The first-order chi connectivity index (χ1) is 12.7. The van der Waals surface area contributed by atoms with E-state index >= 15 is 0 Å². The van der Waals surface area contributed by atoms with Crippen LogP contribution in [0, 0.1) is 11.3 Å². The van der Waals surface area contributed by atoms with Crippen LogP contribution in [0.1, 0.15) is 44.1 Å². The van der Waals surface area contributed by atoms with Crippen molar-refractivity contribution in [2.24, 2.45) is 11.3 Å². The number of amides is 2. The first-order valence-electron chi connectivity index (χ1n) is 9.93. The lowest BCUT2D eigenvalue weighted by Crippen LogP contribution is -2.47. The highest BCUT2D eigenvalue weighted by Gasteiger charge is 2.45. The smallest absolute Gasteiger partial charge is 0.225 e. The van der Waals surface area contributed by atoms with Gasteiger partial charge in [0.05, 0.1) is 0 Å². The molecule has 26 heavy (non-hydrogen) atoms. The summed E-state index contributed by atoms with van der Waals surface area (Å²) in [5, 5.41) is 0. The van der Waals surface area contributed by atoms with Gasteiger partial charge < -0.3 is 9.80 Å². The molecule has 0 N–H and O–H groups in total. The van der Waals surface area contributed by atoms with Crippen molar-refractivity contribution in [3.8, 4) is 0 Å². The van der Waals surface area contributed by atoms with Crippen LogP contribution in [0.3, 0.4) is 0 Å². The number of carbonyl (C=O) groups excluding carboxylic acids is 2. The van der Waals surface area contributed by atoms with Crippen molar-refractivity contribution >= 4 is 17.9 Å². The van der Waals surface area contributed by atoms with E-state index in [-0.39, 0.29) is 17.2 Å². The fourth-order valence-electron chi connectivity index (χ4n) is 4.48. The number of hydrogen-bond donors (Lipinski definition) is 0. The molecule has 138 valence electrons. The van der Waals surface area contributed by atoms with Crippen LogP contribution in [0.4, 0.5) is 0 Å². The summed E-state index contributed by atoms with van der Waals surface area (Å²) in [4.78, 5) is 29.0. The van der Waals surface area contributed by atoms with E-state index < -0.39 is 0 Å². The quantitative estimate of drug-likeness (QED) is 0.834. The van der Waals surface area contributed by atoms with E-state index in [0.29, 0.717) is 18.9 Å². The number of nitrogens with zero attached hydrogens (tertiary/aromatic N) is 2. The molecule has 1 spiro atoms. The monoisotopic (exact) mass is 352 g/mol. The highest BCUT2D eigenvalue weighted by atomic mass is 16.2. The first kappa shape index (κ1) is 17.3. The zero-order valence-electron chi connectivity index (χ0n) is 15.4. The second kappa shape index (κ2) is 7.26. The third-order valence-corrected chi connectivity index (χ3v) is 6.43. The van der Waals surface area contributed by atoms with Gasteiger partial charge in [0, 0.05) is 43.9 Å². The molecule has 2 aliphatic heterocycles. The van der Waals surface area contributed by atoms with E-state index in [9.17, 15) is 9.59 Å². The third-order valence-electron chi connectivity index (χ3n) is 6.43. The summed E-state index contributed by atoms with van der Waals surface area (Å²) >= 11 is 0. The van der Waals surface area contributed by atoms with Gasteiger partial charge in [-0.15, -0.1) is 0 Å². The summed E-state index contributed by atoms with van der Waals surface area (Å²) in [6.07, 6.45) is 10.1. The van der Waals surface area contributed by atoms with Crippen molar-refractivity contribution in [1.82, 2.24) is 9.80 Å². The average molecular weight is 352 g/mol. The number of hydrogen-bond acceptors (Lipinski definition) is 2. The van der Waals surface area contributed by atoms with Gasteiger partial charge >= 0.3 is 0 Å². The molecule has 1 saturated carbocycles. The number of carbonyl (C=O) groups is 2. The largest absolute Gasteiger partial charge is 0.342 e. The van der Waals surface area contributed by atoms with Crippen LogP contribution in [0.2, 0.25) is 0 Å². The fourth-order valence-corrected chi connectivity index (χ4v) is 4.48.